The molecule has 9 heteroatoms. The van der Waals surface area contributed by atoms with Crippen molar-refractivity contribution in [2.45, 2.75) is 32.0 Å². The molecule has 3 rings (SSSR count). The first-order valence-corrected chi connectivity index (χ1v) is 11.2. The molecule has 5 nitrogen and oxygen atoms in total. The Kier molecular flexibility index (Phi) is 6.43. The quantitative estimate of drug-likeness (QED) is 0.684. The summed E-state index contributed by atoms with van der Waals surface area (Å²) in [5, 5.41) is 0.149. The maximum Gasteiger partial charge on any atom is 0.263 e. The van der Waals surface area contributed by atoms with Crippen molar-refractivity contribution in [2.24, 2.45) is 0 Å². The molecule has 0 bridgehead atoms. The predicted octanol–water partition coefficient (Wildman–Crippen LogP) is 3.60. The molecule has 156 valence electrons. The number of sulfone groups is 1. The summed E-state index contributed by atoms with van der Waals surface area (Å²) in [6, 6.07) is 8.75. The molecule has 0 aromatic heterocycles. The Balaban J connectivity index is 1.85. The third kappa shape index (κ3) is 5.25. The maximum atomic E-state index is 14.3. The van der Waals surface area contributed by atoms with Gasteiger partial charge in [0.1, 0.15) is 17.4 Å². The minimum absolute atomic E-state index is 0.0420. The molecule has 1 heterocycles. The van der Waals surface area contributed by atoms with Gasteiger partial charge in [-0.3, -0.25) is 4.79 Å². The normalized spacial score (nSPS) is 19.0. The van der Waals surface area contributed by atoms with Crippen LogP contribution in [-0.4, -0.2) is 42.9 Å². The van der Waals surface area contributed by atoms with Crippen LogP contribution in [0.2, 0.25) is 5.02 Å². The monoisotopic (exact) mass is 443 g/mol. The lowest BCUT2D eigenvalue weighted by Crippen LogP contribution is -2.46. The molecule has 0 saturated carbocycles. The lowest BCUT2D eigenvalue weighted by molar-refractivity contribution is -0.140. The van der Waals surface area contributed by atoms with E-state index in [1.54, 1.807) is 0 Å². The molecule has 1 fully saturated rings. The average Bonchev–Trinajstić information content (AvgIpc) is 3.02. The van der Waals surface area contributed by atoms with Crippen LogP contribution in [0.4, 0.5) is 8.78 Å². The van der Waals surface area contributed by atoms with Crippen molar-refractivity contribution >= 4 is 27.3 Å². The van der Waals surface area contributed by atoms with E-state index < -0.39 is 39.5 Å². The van der Waals surface area contributed by atoms with Gasteiger partial charge in [0, 0.05) is 16.6 Å². The Bertz CT molecular complexity index is 978. The molecule has 0 N–H and O–H groups in total. The summed E-state index contributed by atoms with van der Waals surface area (Å²) in [7, 11) is -3.28. The molecular formula is C20H20ClF2NO4S. The standard InChI is InChI=1S/C20H20ClF2NO4S/c1-13(28-16-7-5-14(22)6-8-16)20(25)24(15-9-10-29(26,27)12-15)11-17-18(21)3-2-4-19(17)23/h2-8,13,15H,9-12H2,1H3. The van der Waals surface area contributed by atoms with E-state index in [0.717, 1.165) is 0 Å². The first-order valence-electron chi connectivity index (χ1n) is 9.02. The molecule has 0 spiro atoms. The van der Waals surface area contributed by atoms with Gasteiger partial charge in [-0.1, -0.05) is 17.7 Å². The molecule has 1 amide bonds. The minimum Gasteiger partial charge on any atom is -0.481 e. The van der Waals surface area contributed by atoms with Crippen LogP contribution in [0, 0.1) is 11.6 Å². The number of carbonyl (C=O) groups is 1. The van der Waals surface area contributed by atoms with Gasteiger partial charge in [-0.2, -0.15) is 0 Å². The predicted molar refractivity (Wildman–Crippen MR) is 106 cm³/mol. The smallest absolute Gasteiger partial charge is 0.263 e. The highest BCUT2D eigenvalue weighted by molar-refractivity contribution is 7.91. The van der Waals surface area contributed by atoms with Crippen LogP contribution in [0.25, 0.3) is 0 Å². The number of carbonyl (C=O) groups excluding carboxylic acids is 1. The van der Waals surface area contributed by atoms with Gasteiger partial charge < -0.3 is 9.64 Å². The number of amides is 1. The average molecular weight is 444 g/mol. The number of rotatable bonds is 6. The van der Waals surface area contributed by atoms with E-state index in [4.69, 9.17) is 16.3 Å². The summed E-state index contributed by atoms with van der Waals surface area (Å²) >= 11 is 6.10. The Labute approximate surface area is 173 Å². The molecular weight excluding hydrogens is 424 g/mol. The molecule has 0 radical (unpaired) electrons. The highest BCUT2D eigenvalue weighted by Crippen LogP contribution is 2.26. The summed E-state index contributed by atoms with van der Waals surface area (Å²) in [5.41, 5.74) is 0.112. The van der Waals surface area contributed by atoms with Gasteiger partial charge in [-0.25, -0.2) is 17.2 Å². The van der Waals surface area contributed by atoms with Crippen LogP contribution in [0.15, 0.2) is 42.5 Å². The van der Waals surface area contributed by atoms with Gasteiger partial charge in [0.2, 0.25) is 0 Å². The van der Waals surface area contributed by atoms with Crippen molar-refractivity contribution in [3.8, 4) is 5.75 Å². The fourth-order valence-electron chi connectivity index (χ4n) is 3.26. The summed E-state index contributed by atoms with van der Waals surface area (Å²) in [6.07, 6.45) is -0.738. The Morgan fingerprint density at radius 3 is 2.52 bits per heavy atom. The molecule has 2 atom stereocenters. The topological polar surface area (TPSA) is 63.7 Å². The number of nitrogens with zero attached hydrogens (tertiary/aromatic N) is 1. The number of hydrogen-bond acceptors (Lipinski definition) is 4. The molecule has 29 heavy (non-hydrogen) atoms. The number of halogens is 3. The first kappa shape index (κ1) is 21.5. The van der Waals surface area contributed by atoms with E-state index in [1.807, 2.05) is 0 Å². The summed E-state index contributed by atoms with van der Waals surface area (Å²) in [4.78, 5) is 14.4. The zero-order chi connectivity index (χ0) is 21.2. The van der Waals surface area contributed by atoms with Crippen LogP contribution in [0.1, 0.15) is 18.9 Å². The van der Waals surface area contributed by atoms with Crippen LogP contribution in [0.5, 0.6) is 5.75 Å². The van der Waals surface area contributed by atoms with Crippen LogP contribution < -0.4 is 4.74 Å². The fourth-order valence-corrected chi connectivity index (χ4v) is 5.22. The van der Waals surface area contributed by atoms with E-state index in [2.05, 4.69) is 0 Å². The van der Waals surface area contributed by atoms with Crippen molar-refractivity contribution in [2.75, 3.05) is 11.5 Å². The van der Waals surface area contributed by atoms with E-state index in [-0.39, 0.29) is 40.8 Å². The fraction of sp³-hybridized carbons (Fsp3) is 0.350. The Hall–Kier alpha value is -2.19. The van der Waals surface area contributed by atoms with Crippen molar-refractivity contribution in [1.82, 2.24) is 4.90 Å². The third-order valence-electron chi connectivity index (χ3n) is 4.80. The highest BCUT2D eigenvalue weighted by atomic mass is 35.5. The van der Waals surface area contributed by atoms with Gasteiger partial charge in [-0.15, -0.1) is 0 Å². The van der Waals surface area contributed by atoms with Crippen molar-refractivity contribution in [1.29, 1.82) is 0 Å². The second kappa shape index (κ2) is 8.67. The van der Waals surface area contributed by atoms with E-state index in [1.165, 1.54) is 54.3 Å². The van der Waals surface area contributed by atoms with E-state index >= 15 is 0 Å². The summed E-state index contributed by atoms with van der Waals surface area (Å²) in [5.74, 6) is -1.48. The molecule has 0 aliphatic carbocycles. The molecule has 2 unspecified atom stereocenters. The molecule has 1 saturated heterocycles. The van der Waals surface area contributed by atoms with Crippen molar-refractivity contribution in [3.63, 3.8) is 0 Å². The second-order valence-electron chi connectivity index (χ2n) is 6.94. The number of hydrogen-bond donors (Lipinski definition) is 0. The van der Waals surface area contributed by atoms with Crippen molar-refractivity contribution in [3.05, 3.63) is 64.7 Å². The minimum atomic E-state index is -3.28. The van der Waals surface area contributed by atoms with Gasteiger partial charge in [0.25, 0.3) is 5.91 Å². The lowest BCUT2D eigenvalue weighted by atomic mass is 10.1. The Morgan fingerprint density at radius 2 is 1.93 bits per heavy atom. The van der Waals surface area contributed by atoms with Crippen LogP contribution >= 0.6 is 11.6 Å². The van der Waals surface area contributed by atoms with Gasteiger partial charge in [-0.05, 0) is 49.7 Å². The zero-order valence-electron chi connectivity index (χ0n) is 15.6. The van der Waals surface area contributed by atoms with E-state index in [0.29, 0.717) is 0 Å². The van der Waals surface area contributed by atoms with E-state index in [9.17, 15) is 22.0 Å². The van der Waals surface area contributed by atoms with Crippen molar-refractivity contribution < 1.29 is 26.7 Å². The van der Waals surface area contributed by atoms with Gasteiger partial charge in [0.15, 0.2) is 15.9 Å². The van der Waals surface area contributed by atoms with Gasteiger partial charge >= 0.3 is 0 Å². The first-order chi connectivity index (χ1) is 13.7. The highest BCUT2D eigenvalue weighted by Gasteiger charge is 2.37. The van der Waals surface area contributed by atoms with Crippen LogP contribution in [0.3, 0.4) is 0 Å². The van der Waals surface area contributed by atoms with Gasteiger partial charge in [0.05, 0.1) is 18.1 Å². The SMILES string of the molecule is CC(Oc1ccc(F)cc1)C(=O)N(Cc1c(F)cccc1Cl)C1CCS(=O)(=O)C1. The lowest BCUT2D eigenvalue weighted by Gasteiger charge is -2.31. The molecule has 1 aliphatic rings. The summed E-state index contributed by atoms with van der Waals surface area (Å²) in [6.45, 7) is 1.33. The number of ether oxygens (including phenoxy) is 1. The summed E-state index contributed by atoms with van der Waals surface area (Å²) < 4.78 is 56.8. The maximum absolute atomic E-state index is 14.3. The largest absolute Gasteiger partial charge is 0.481 e. The number of benzene rings is 2. The molecule has 1 aliphatic heterocycles. The zero-order valence-corrected chi connectivity index (χ0v) is 17.2. The molecule has 2 aromatic carbocycles. The third-order valence-corrected chi connectivity index (χ3v) is 6.90. The second-order valence-corrected chi connectivity index (χ2v) is 9.57. The van der Waals surface area contributed by atoms with Crippen LogP contribution in [-0.2, 0) is 21.2 Å². The molecule has 2 aromatic rings. The Morgan fingerprint density at radius 1 is 1.24 bits per heavy atom.